The van der Waals surface area contributed by atoms with Crippen LogP contribution in [-0.2, 0) is 0 Å². The van der Waals surface area contributed by atoms with E-state index < -0.39 is 8.07 Å². The molecule has 122 valence electrons. The summed E-state index contributed by atoms with van der Waals surface area (Å²) >= 11 is 0. The van der Waals surface area contributed by atoms with Crippen LogP contribution in [0.2, 0.25) is 19.6 Å². The zero-order valence-corrected chi connectivity index (χ0v) is 16.0. The molecular formula is C22H25NSi. The molecule has 2 heteroatoms. The number of rotatable bonds is 4. The average Bonchev–Trinajstić information content (AvgIpc) is 2.61. The van der Waals surface area contributed by atoms with Crippen LogP contribution >= 0.6 is 0 Å². The molecule has 0 saturated heterocycles. The summed E-state index contributed by atoms with van der Waals surface area (Å²) in [6, 6.07) is 28.3. The van der Waals surface area contributed by atoms with Gasteiger partial charge in [-0.15, -0.1) is 0 Å². The zero-order valence-electron chi connectivity index (χ0n) is 15.0. The lowest BCUT2D eigenvalue weighted by atomic mass is 10.0. The predicted molar refractivity (Wildman–Crippen MR) is 109 cm³/mol. The van der Waals surface area contributed by atoms with Crippen molar-refractivity contribution in [3.8, 4) is 11.1 Å². The van der Waals surface area contributed by atoms with E-state index >= 15 is 0 Å². The van der Waals surface area contributed by atoms with Crippen LogP contribution in [-0.4, -0.2) is 15.1 Å². The predicted octanol–water partition coefficient (Wildman–Crippen LogP) is 5.67. The maximum atomic E-state index is 2.39. The molecule has 0 atom stereocenters. The summed E-state index contributed by atoms with van der Waals surface area (Å²) in [5.74, 6) is 0. The van der Waals surface area contributed by atoms with Crippen molar-refractivity contribution in [2.75, 3.05) is 11.9 Å². The average molecular weight is 332 g/mol. The van der Waals surface area contributed by atoms with Crippen molar-refractivity contribution in [2.45, 2.75) is 19.6 Å². The first kappa shape index (κ1) is 16.5. The molecule has 0 N–H and O–H groups in total. The van der Waals surface area contributed by atoms with Crippen molar-refractivity contribution in [1.82, 2.24) is 0 Å². The summed E-state index contributed by atoms with van der Waals surface area (Å²) in [6.07, 6.45) is 0. The summed E-state index contributed by atoms with van der Waals surface area (Å²) in [7, 11) is 0.892. The molecule has 0 amide bonds. The fourth-order valence-electron chi connectivity index (χ4n) is 2.95. The molecule has 3 aromatic rings. The second-order valence-electron chi connectivity index (χ2n) is 7.24. The van der Waals surface area contributed by atoms with Gasteiger partial charge in [-0.3, -0.25) is 0 Å². The van der Waals surface area contributed by atoms with Crippen molar-refractivity contribution < 1.29 is 0 Å². The van der Waals surface area contributed by atoms with Gasteiger partial charge in [0.05, 0.1) is 8.07 Å². The lowest BCUT2D eigenvalue weighted by molar-refractivity contribution is 1.21. The Bertz CT molecular complexity index is 801. The van der Waals surface area contributed by atoms with Crippen LogP contribution < -0.4 is 10.1 Å². The molecule has 0 heterocycles. The van der Waals surface area contributed by atoms with Crippen LogP contribution in [0.1, 0.15) is 0 Å². The van der Waals surface area contributed by atoms with E-state index in [0.717, 1.165) is 0 Å². The minimum absolute atomic E-state index is 1.22. The van der Waals surface area contributed by atoms with Gasteiger partial charge in [0.15, 0.2) is 0 Å². The maximum absolute atomic E-state index is 2.39. The van der Waals surface area contributed by atoms with Gasteiger partial charge in [0.25, 0.3) is 0 Å². The zero-order chi connectivity index (χ0) is 17.2. The van der Waals surface area contributed by atoms with Crippen LogP contribution in [0.5, 0.6) is 0 Å². The fourth-order valence-corrected chi connectivity index (χ4v) is 4.12. The van der Waals surface area contributed by atoms with E-state index in [2.05, 4.69) is 110 Å². The maximum Gasteiger partial charge on any atom is 0.0775 e. The Hall–Kier alpha value is -2.32. The Labute approximate surface area is 146 Å². The standard InChI is InChI=1S/C22H25NSi/c1-23(19-14-16-20(17-15-19)24(2,3)4)22-13-9-8-12-21(22)18-10-6-5-7-11-18/h5-17H,1-4H3. The van der Waals surface area contributed by atoms with Gasteiger partial charge in [-0.1, -0.05) is 85.5 Å². The van der Waals surface area contributed by atoms with Gasteiger partial charge in [0.2, 0.25) is 0 Å². The Balaban J connectivity index is 1.98. The molecule has 24 heavy (non-hydrogen) atoms. The molecule has 1 nitrogen and oxygen atoms in total. The Morgan fingerprint density at radius 1 is 0.667 bits per heavy atom. The van der Waals surface area contributed by atoms with E-state index in [1.165, 1.54) is 27.7 Å². The quantitative estimate of drug-likeness (QED) is 0.557. The highest BCUT2D eigenvalue weighted by Gasteiger charge is 2.16. The van der Waals surface area contributed by atoms with Crippen LogP contribution in [0.15, 0.2) is 78.9 Å². The second kappa shape index (κ2) is 6.66. The van der Waals surface area contributed by atoms with Crippen molar-refractivity contribution in [3.63, 3.8) is 0 Å². The normalized spacial score (nSPS) is 11.3. The minimum Gasteiger partial charge on any atom is -0.344 e. The van der Waals surface area contributed by atoms with Crippen LogP contribution in [0.3, 0.4) is 0 Å². The third-order valence-corrected chi connectivity index (χ3v) is 6.54. The second-order valence-corrected chi connectivity index (χ2v) is 12.3. The van der Waals surface area contributed by atoms with Crippen molar-refractivity contribution in [2.24, 2.45) is 0 Å². The van der Waals surface area contributed by atoms with Crippen LogP contribution in [0.4, 0.5) is 11.4 Å². The van der Waals surface area contributed by atoms with Gasteiger partial charge >= 0.3 is 0 Å². The van der Waals surface area contributed by atoms with Gasteiger partial charge in [-0.05, 0) is 23.8 Å². The van der Waals surface area contributed by atoms with Crippen molar-refractivity contribution in [1.29, 1.82) is 0 Å². The van der Waals surface area contributed by atoms with Crippen molar-refractivity contribution >= 4 is 24.6 Å². The van der Waals surface area contributed by atoms with E-state index in [-0.39, 0.29) is 0 Å². The monoisotopic (exact) mass is 331 g/mol. The molecule has 0 radical (unpaired) electrons. The molecule has 3 aromatic carbocycles. The summed E-state index contributed by atoms with van der Waals surface area (Å²) in [4.78, 5) is 2.27. The van der Waals surface area contributed by atoms with E-state index in [0.29, 0.717) is 0 Å². The molecule has 3 rings (SSSR count). The third-order valence-electron chi connectivity index (χ3n) is 4.47. The lowest BCUT2D eigenvalue weighted by Crippen LogP contribution is -2.37. The molecule has 0 unspecified atom stereocenters. The van der Waals surface area contributed by atoms with Gasteiger partial charge in [-0.2, -0.15) is 0 Å². The van der Waals surface area contributed by atoms with Gasteiger partial charge in [-0.25, -0.2) is 0 Å². The first-order chi connectivity index (χ1) is 11.5. The topological polar surface area (TPSA) is 3.24 Å². The van der Waals surface area contributed by atoms with Crippen LogP contribution in [0, 0.1) is 0 Å². The highest BCUT2D eigenvalue weighted by Crippen LogP contribution is 2.33. The summed E-state index contributed by atoms with van der Waals surface area (Å²) in [5.41, 5.74) is 4.96. The Kier molecular flexibility index (Phi) is 4.59. The number of para-hydroxylation sites is 1. The molecule has 0 saturated carbocycles. The number of benzene rings is 3. The summed E-state index contributed by atoms with van der Waals surface area (Å²) < 4.78 is 0. The highest BCUT2D eigenvalue weighted by atomic mass is 28.3. The van der Waals surface area contributed by atoms with Crippen molar-refractivity contribution in [3.05, 3.63) is 78.9 Å². The van der Waals surface area contributed by atoms with E-state index in [1.54, 1.807) is 0 Å². The largest absolute Gasteiger partial charge is 0.344 e. The highest BCUT2D eigenvalue weighted by molar-refractivity contribution is 6.88. The number of hydrogen-bond donors (Lipinski definition) is 0. The molecule has 0 aromatic heterocycles. The van der Waals surface area contributed by atoms with E-state index in [4.69, 9.17) is 0 Å². The van der Waals surface area contributed by atoms with E-state index in [9.17, 15) is 0 Å². The van der Waals surface area contributed by atoms with Gasteiger partial charge < -0.3 is 4.90 Å². The first-order valence-corrected chi connectivity index (χ1v) is 12.0. The lowest BCUT2D eigenvalue weighted by Gasteiger charge is -2.24. The Morgan fingerprint density at radius 3 is 1.88 bits per heavy atom. The fraction of sp³-hybridized carbons (Fsp3) is 0.182. The number of anilines is 2. The minimum atomic E-state index is -1.25. The van der Waals surface area contributed by atoms with Crippen LogP contribution in [0.25, 0.3) is 11.1 Å². The number of hydrogen-bond acceptors (Lipinski definition) is 1. The SMILES string of the molecule is CN(c1ccc([Si](C)(C)C)cc1)c1ccccc1-c1ccccc1. The smallest absolute Gasteiger partial charge is 0.0775 e. The van der Waals surface area contributed by atoms with Gasteiger partial charge in [0.1, 0.15) is 0 Å². The molecule has 0 aliphatic heterocycles. The van der Waals surface area contributed by atoms with Gasteiger partial charge in [0, 0.05) is 24.0 Å². The molecule has 0 aliphatic carbocycles. The molecule has 0 aliphatic rings. The molecule has 0 bridgehead atoms. The molecule has 0 fully saturated rings. The number of nitrogens with zero attached hydrogens (tertiary/aromatic N) is 1. The summed E-state index contributed by atoms with van der Waals surface area (Å²) in [6.45, 7) is 7.16. The Morgan fingerprint density at radius 2 is 1.25 bits per heavy atom. The molecular weight excluding hydrogens is 306 g/mol. The van der Waals surface area contributed by atoms with E-state index in [1.807, 2.05) is 0 Å². The molecule has 0 spiro atoms. The first-order valence-electron chi connectivity index (χ1n) is 8.45. The summed E-state index contributed by atoms with van der Waals surface area (Å²) in [5, 5.41) is 1.50. The third kappa shape index (κ3) is 3.44.